The first kappa shape index (κ1) is 12.9. The van der Waals surface area contributed by atoms with Crippen LogP contribution in [0.25, 0.3) is 0 Å². The fourth-order valence-electron chi connectivity index (χ4n) is 1.34. The molecule has 6 nitrogen and oxygen atoms in total. The molecular formula is C9H10F3N3O3. The number of nitrogens with one attached hydrogen (secondary N) is 1. The van der Waals surface area contributed by atoms with Gasteiger partial charge in [-0.05, 0) is 12.2 Å². The number of alkyl halides is 3. The van der Waals surface area contributed by atoms with E-state index in [2.05, 4.69) is 15.3 Å². The van der Waals surface area contributed by atoms with Gasteiger partial charge in [-0.3, -0.25) is 10.2 Å². The fraction of sp³-hybridized carbons (Fsp3) is 0.444. The molecule has 0 fully saturated rings. The molecule has 0 saturated heterocycles. The Morgan fingerprint density at radius 1 is 1.56 bits per heavy atom. The second-order valence-corrected chi connectivity index (χ2v) is 3.57. The number of allylic oxidation sites excluding steroid dienone is 2. The molecule has 0 aromatic heterocycles. The van der Waals surface area contributed by atoms with Crippen molar-refractivity contribution in [3.8, 4) is 0 Å². The van der Waals surface area contributed by atoms with Crippen LogP contribution < -0.4 is 11.2 Å². The first-order chi connectivity index (χ1) is 8.40. The van der Waals surface area contributed by atoms with E-state index >= 15 is 0 Å². The Bertz CT molecular complexity index is 431. The van der Waals surface area contributed by atoms with Gasteiger partial charge in [0.15, 0.2) is 6.23 Å². The van der Waals surface area contributed by atoms with Crippen molar-refractivity contribution in [2.24, 2.45) is 10.8 Å². The first-order valence-electron chi connectivity index (χ1n) is 4.95. The highest BCUT2D eigenvalue weighted by Gasteiger charge is 2.39. The second-order valence-electron chi connectivity index (χ2n) is 3.57. The van der Waals surface area contributed by atoms with Crippen LogP contribution in [-0.4, -0.2) is 36.2 Å². The number of nitrogens with two attached hydrogens (primary N) is 1. The molecule has 0 radical (unpaired) electrons. The van der Waals surface area contributed by atoms with Crippen molar-refractivity contribution in [3.05, 3.63) is 23.5 Å². The van der Waals surface area contributed by atoms with Gasteiger partial charge in [-0.1, -0.05) is 0 Å². The molecular weight excluding hydrogens is 255 g/mol. The van der Waals surface area contributed by atoms with E-state index in [4.69, 9.17) is 15.6 Å². The summed E-state index contributed by atoms with van der Waals surface area (Å²) < 4.78 is 45.5. The summed E-state index contributed by atoms with van der Waals surface area (Å²) in [6.07, 6.45) is -3.44. The zero-order valence-corrected chi connectivity index (χ0v) is 8.94. The number of hydrogen-bond donors (Lipinski definition) is 3. The molecule has 0 bridgehead atoms. The maximum absolute atomic E-state index is 12.2. The average Bonchev–Trinajstić information content (AvgIpc) is 2.34. The molecule has 0 aromatic carbocycles. The van der Waals surface area contributed by atoms with Crippen molar-refractivity contribution in [1.29, 1.82) is 0 Å². The van der Waals surface area contributed by atoms with Gasteiger partial charge in [0.2, 0.25) is 5.90 Å². The second kappa shape index (κ2) is 4.59. The van der Waals surface area contributed by atoms with Gasteiger partial charge < -0.3 is 15.6 Å². The van der Waals surface area contributed by atoms with Gasteiger partial charge in [-0.15, -0.1) is 18.3 Å². The van der Waals surface area contributed by atoms with E-state index in [-0.39, 0.29) is 17.2 Å². The number of fused-ring (bicyclic) bond motifs is 1. The van der Waals surface area contributed by atoms with Crippen molar-refractivity contribution in [2.75, 3.05) is 6.61 Å². The summed E-state index contributed by atoms with van der Waals surface area (Å²) >= 11 is 0. The average molecular weight is 265 g/mol. The van der Waals surface area contributed by atoms with E-state index in [9.17, 15) is 13.2 Å². The maximum Gasteiger partial charge on any atom is 0.524 e. The third kappa shape index (κ3) is 2.63. The molecule has 2 atom stereocenters. The molecule has 4 N–H and O–H groups in total. The smallest absolute Gasteiger partial charge is 0.439 e. The van der Waals surface area contributed by atoms with Crippen LogP contribution in [0.15, 0.2) is 28.6 Å². The van der Waals surface area contributed by atoms with E-state index in [0.717, 1.165) is 0 Å². The number of hydrogen-bond acceptors (Lipinski definition) is 6. The lowest BCUT2D eigenvalue weighted by molar-refractivity contribution is -0.341. The van der Waals surface area contributed by atoms with Crippen LogP contribution in [0.4, 0.5) is 13.2 Å². The molecule has 1 aliphatic heterocycles. The number of nitrogens with zero attached hydrogens (tertiary/aromatic N) is 1. The quantitative estimate of drug-likeness (QED) is 0.664. The lowest BCUT2D eigenvalue weighted by atomic mass is 10.0. The Kier molecular flexibility index (Phi) is 3.28. The van der Waals surface area contributed by atoms with E-state index in [0.29, 0.717) is 0 Å². The summed E-state index contributed by atoms with van der Waals surface area (Å²) in [7, 11) is 0. The molecule has 0 amide bonds. The lowest BCUT2D eigenvalue weighted by Crippen LogP contribution is -2.37. The van der Waals surface area contributed by atoms with Crippen LogP contribution in [0.1, 0.15) is 0 Å². The maximum atomic E-state index is 12.2. The largest absolute Gasteiger partial charge is 0.524 e. The van der Waals surface area contributed by atoms with Gasteiger partial charge in [0.25, 0.3) is 0 Å². The number of aliphatic hydroxyl groups excluding tert-OH is 1. The Hall–Kier alpha value is -1.58. The predicted octanol–water partition coefficient (Wildman–Crippen LogP) is -0.0743. The number of ether oxygens (including phenoxy) is 2. The SMILES string of the molecule is N[C@@H](CO)C1=NN[C@@H](OC(F)(F)F)C2=CC=C2O1. The van der Waals surface area contributed by atoms with Crippen LogP contribution in [0, 0.1) is 0 Å². The zero-order valence-electron chi connectivity index (χ0n) is 8.94. The molecule has 9 heteroatoms. The standard InChI is InChI=1S/C9H10F3N3O3/c10-9(11,12)18-7-4-1-2-6(4)17-8(15-14-7)5(13)3-16/h1-2,5,7,14,16H,3,13H2/t5-,7-/m0/s1. The summed E-state index contributed by atoms with van der Waals surface area (Å²) in [6.45, 7) is -0.447. The van der Waals surface area contributed by atoms with Gasteiger partial charge in [0.05, 0.1) is 6.61 Å². The monoisotopic (exact) mass is 265 g/mol. The third-order valence-electron chi connectivity index (χ3n) is 2.25. The Balaban J connectivity index is 2.13. The lowest BCUT2D eigenvalue weighted by Gasteiger charge is -2.23. The van der Waals surface area contributed by atoms with Crippen LogP contribution >= 0.6 is 0 Å². The normalized spacial score (nSPS) is 24.3. The number of aliphatic hydroxyl groups is 1. The van der Waals surface area contributed by atoms with Crippen molar-refractivity contribution in [2.45, 2.75) is 18.6 Å². The highest BCUT2D eigenvalue weighted by molar-refractivity contribution is 5.83. The topological polar surface area (TPSA) is 89.1 Å². The molecule has 0 aromatic rings. The minimum Gasteiger partial charge on any atom is -0.439 e. The van der Waals surface area contributed by atoms with Crippen LogP contribution in [0.5, 0.6) is 0 Å². The molecule has 2 aliphatic rings. The molecule has 100 valence electrons. The summed E-state index contributed by atoms with van der Waals surface area (Å²) in [5.41, 5.74) is 7.80. The highest BCUT2D eigenvalue weighted by atomic mass is 19.4. The molecule has 18 heavy (non-hydrogen) atoms. The van der Waals surface area contributed by atoms with E-state index in [1.54, 1.807) is 0 Å². The van der Waals surface area contributed by atoms with E-state index < -0.39 is 25.2 Å². The van der Waals surface area contributed by atoms with Gasteiger partial charge >= 0.3 is 6.36 Å². The number of rotatable bonds is 3. The molecule has 0 saturated carbocycles. The molecule has 1 aliphatic carbocycles. The summed E-state index contributed by atoms with van der Waals surface area (Å²) in [5, 5.41) is 12.4. The van der Waals surface area contributed by atoms with Gasteiger partial charge in [-0.2, -0.15) is 0 Å². The number of hydrazone groups is 1. The molecule has 1 heterocycles. The first-order valence-corrected chi connectivity index (χ1v) is 4.95. The van der Waals surface area contributed by atoms with Gasteiger partial charge in [0, 0.05) is 5.57 Å². The van der Waals surface area contributed by atoms with Crippen molar-refractivity contribution >= 4 is 5.90 Å². The van der Waals surface area contributed by atoms with Crippen LogP contribution in [-0.2, 0) is 9.47 Å². The van der Waals surface area contributed by atoms with Crippen LogP contribution in [0.3, 0.4) is 0 Å². The van der Waals surface area contributed by atoms with Gasteiger partial charge in [0.1, 0.15) is 11.8 Å². The predicted molar refractivity (Wildman–Crippen MR) is 53.8 cm³/mol. The summed E-state index contributed by atoms with van der Waals surface area (Å²) in [5.74, 6) is 0.0690. The molecule has 2 rings (SSSR count). The fourth-order valence-corrected chi connectivity index (χ4v) is 1.34. The summed E-state index contributed by atoms with van der Waals surface area (Å²) in [6, 6.07) is -0.926. The third-order valence-corrected chi connectivity index (χ3v) is 2.25. The minimum absolute atomic E-state index is 0.109. The Labute approximate surface area is 99.5 Å². The minimum atomic E-state index is -4.81. The summed E-state index contributed by atoms with van der Waals surface area (Å²) in [4.78, 5) is 0. The molecule has 0 spiro atoms. The van der Waals surface area contributed by atoms with Crippen molar-refractivity contribution in [3.63, 3.8) is 0 Å². The van der Waals surface area contributed by atoms with E-state index in [1.807, 2.05) is 0 Å². The zero-order chi connectivity index (χ0) is 13.3. The number of halogens is 3. The van der Waals surface area contributed by atoms with Crippen molar-refractivity contribution < 1.29 is 27.8 Å². The van der Waals surface area contributed by atoms with Crippen molar-refractivity contribution in [1.82, 2.24) is 5.43 Å². The Morgan fingerprint density at radius 3 is 2.78 bits per heavy atom. The highest BCUT2D eigenvalue weighted by Crippen LogP contribution is 2.31. The van der Waals surface area contributed by atoms with Gasteiger partial charge in [-0.25, -0.2) is 0 Å². The van der Waals surface area contributed by atoms with E-state index in [1.165, 1.54) is 12.2 Å². The molecule has 0 unspecified atom stereocenters. The van der Waals surface area contributed by atoms with Crippen LogP contribution in [0.2, 0.25) is 0 Å². The Morgan fingerprint density at radius 2 is 2.28 bits per heavy atom.